The monoisotopic (exact) mass is 461 g/mol. The van der Waals surface area contributed by atoms with Crippen molar-refractivity contribution in [1.82, 2.24) is 10.2 Å². The quantitative estimate of drug-likeness (QED) is 0.586. The number of carbonyl (C=O) groups is 2. The lowest BCUT2D eigenvalue weighted by Gasteiger charge is -2.33. The first-order valence-electron chi connectivity index (χ1n) is 10.3. The number of hydrogen-bond donors (Lipinski definition) is 1. The zero-order valence-electron chi connectivity index (χ0n) is 19.2. The van der Waals surface area contributed by atoms with E-state index < -0.39 is 28.5 Å². The normalized spacial score (nSPS) is 12.0. The van der Waals surface area contributed by atoms with Crippen molar-refractivity contribution in [2.45, 2.75) is 32.9 Å². The van der Waals surface area contributed by atoms with Crippen LogP contribution in [0.25, 0.3) is 0 Å². The smallest absolute Gasteiger partial charge is 0.244 e. The van der Waals surface area contributed by atoms with Gasteiger partial charge in [0.25, 0.3) is 0 Å². The van der Waals surface area contributed by atoms with Gasteiger partial charge in [-0.3, -0.25) is 13.9 Å². The summed E-state index contributed by atoms with van der Waals surface area (Å²) in [6, 6.07) is 13.4. The molecule has 174 valence electrons. The largest absolute Gasteiger partial charge is 0.497 e. The van der Waals surface area contributed by atoms with Gasteiger partial charge in [-0.15, -0.1) is 0 Å². The SMILES string of the molecule is CC[C@@H](C(=O)NC)N(Cc1ccc(OC)cc1)C(=O)CN(c1ccccc1C)S(C)(=O)=O. The highest BCUT2D eigenvalue weighted by molar-refractivity contribution is 7.92. The summed E-state index contributed by atoms with van der Waals surface area (Å²) in [4.78, 5) is 27.4. The molecule has 1 atom stereocenters. The van der Waals surface area contributed by atoms with Gasteiger partial charge in [0.05, 0.1) is 19.1 Å². The summed E-state index contributed by atoms with van der Waals surface area (Å²) in [6.07, 6.45) is 1.45. The molecular weight excluding hydrogens is 430 g/mol. The highest BCUT2D eigenvalue weighted by Gasteiger charge is 2.31. The Morgan fingerprint density at radius 1 is 1.09 bits per heavy atom. The van der Waals surface area contributed by atoms with Crippen molar-refractivity contribution in [3.05, 3.63) is 59.7 Å². The van der Waals surface area contributed by atoms with Crippen LogP contribution in [-0.2, 0) is 26.2 Å². The molecule has 0 aliphatic rings. The molecule has 0 saturated carbocycles. The van der Waals surface area contributed by atoms with Crippen LogP contribution in [0.4, 0.5) is 5.69 Å². The standard InChI is InChI=1S/C23H31N3O5S/c1-6-20(23(28)24-3)25(15-18-11-13-19(31-4)14-12-18)22(27)16-26(32(5,29)30)21-10-8-7-9-17(21)2/h7-14,20H,6,15-16H2,1-5H3,(H,24,28)/t20-/m0/s1. The number of amides is 2. The second-order valence-corrected chi connectivity index (χ2v) is 9.37. The van der Waals surface area contributed by atoms with E-state index in [0.29, 0.717) is 17.9 Å². The van der Waals surface area contributed by atoms with E-state index in [1.165, 1.54) is 11.9 Å². The molecule has 2 aromatic rings. The van der Waals surface area contributed by atoms with Gasteiger partial charge in [-0.05, 0) is 42.7 Å². The van der Waals surface area contributed by atoms with Crippen LogP contribution in [0.15, 0.2) is 48.5 Å². The number of aryl methyl sites for hydroxylation is 1. The van der Waals surface area contributed by atoms with Gasteiger partial charge in [-0.1, -0.05) is 37.3 Å². The van der Waals surface area contributed by atoms with Crippen molar-refractivity contribution < 1.29 is 22.7 Å². The Morgan fingerprint density at radius 3 is 2.22 bits per heavy atom. The zero-order chi connectivity index (χ0) is 23.9. The number of likely N-dealkylation sites (N-methyl/N-ethyl adjacent to an activating group) is 1. The average Bonchev–Trinajstić information content (AvgIpc) is 2.77. The molecule has 0 aliphatic heterocycles. The number of anilines is 1. The summed E-state index contributed by atoms with van der Waals surface area (Å²) < 4.78 is 31.4. The number of methoxy groups -OCH3 is 1. The Balaban J connectivity index is 2.42. The number of hydrogen-bond acceptors (Lipinski definition) is 5. The van der Waals surface area contributed by atoms with Crippen molar-refractivity contribution in [1.29, 1.82) is 0 Å². The van der Waals surface area contributed by atoms with Gasteiger partial charge in [0.15, 0.2) is 0 Å². The van der Waals surface area contributed by atoms with Crippen LogP contribution in [0.1, 0.15) is 24.5 Å². The first-order valence-corrected chi connectivity index (χ1v) is 12.1. The number of nitrogens with zero attached hydrogens (tertiary/aromatic N) is 2. The molecule has 0 saturated heterocycles. The third-order valence-electron chi connectivity index (χ3n) is 5.21. The number of ether oxygens (including phenoxy) is 1. The van der Waals surface area contributed by atoms with Gasteiger partial charge in [0.2, 0.25) is 21.8 Å². The summed E-state index contributed by atoms with van der Waals surface area (Å²) in [7, 11) is -0.665. The lowest BCUT2D eigenvalue weighted by atomic mass is 10.1. The molecule has 0 radical (unpaired) electrons. The van der Waals surface area contributed by atoms with Crippen LogP contribution < -0.4 is 14.4 Å². The van der Waals surface area contributed by atoms with Gasteiger partial charge in [-0.2, -0.15) is 0 Å². The number of benzene rings is 2. The number of nitrogens with one attached hydrogen (secondary N) is 1. The third kappa shape index (κ3) is 6.23. The Labute approximate surface area is 190 Å². The minimum Gasteiger partial charge on any atom is -0.497 e. The molecule has 2 rings (SSSR count). The number of carbonyl (C=O) groups excluding carboxylic acids is 2. The molecule has 0 aromatic heterocycles. The molecule has 0 fully saturated rings. The summed E-state index contributed by atoms with van der Waals surface area (Å²) >= 11 is 0. The molecular formula is C23H31N3O5S. The number of para-hydroxylation sites is 1. The average molecular weight is 462 g/mol. The minimum atomic E-state index is -3.74. The van der Waals surface area contributed by atoms with E-state index in [1.54, 1.807) is 50.4 Å². The summed E-state index contributed by atoms with van der Waals surface area (Å²) in [5.74, 6) is -0.103. The number of sulfonamides is 1. The summed E-state index contributed by atoms with van der Waals surface area (Å²) in [6.45, 7) is 3.34. The molecule has 0 aliphatic carbocycles. The highest BCUT2D eigenvalue weighted by atomic mass is 32.2. The van der Waals surface area contributed by atoms with Gasteiger partial charge in [0.1, 0.15) is 18.3 Å². The van der Waals surface area contributed by atoms with Crippen LogP contribution in [0.2, 0.25) is 0 Å². The molecule has 32 heavy (non-hydrogen) atoms. The lowest BCUT2D eigenvalue weighted by Crippen LogP contribution is -2.51. The molecule has 0 bridgehead atoms. The Morgan fingerprint density at radius 2 is 1.72 bits per heavy atom. The topological polar surface area (TPSA) is 96.0 Å². The maximum atomic E-state index is 13.4. The molecule has 0 unspecified atom stereocenters. The van der Waals surface area contributed by atoms with E-state index in [9.17, 15) is 18.0 Å². The van der Waals surface area contributed by atoms with Crippen LogP contribution in [-0.4, -0.2) is 58.1 Å². The molecule has 0 spiro atoms. The highest BCUT2D eigenvalue weighted by Crippen LogP contribution is 2.23. The fourth-order valence-corrected chi connectivity index (χ4v) is 4.36. The van der Waals surface area contributed by atoms with Crippen molar-refractivity contribution in [3.8, 4) is 5.75 Å². The molecule has 8 nitrogen and oxygen atoms in total. The fraction of sp³-hybridized carbons (Fsp3) is 0.391. The maximum Gasteiger partial charge on any atom is 0.244 e. The van der Waals surface area contributed by atoms with Gasteiger partial charge in [-0.25, -0.2) is 8.42 Å². The first kappa shape index (κ1) is 25.2. The van der Waals surface area contributed by atoms with Crippen molar-refractivity contribution in [2.24, 2.45) is 0 Å². The van der Waals surface area contributed by atoms with Gasteiger partial charge >= 0.3 is 0 Å². The number of rotatable bonds is 10. The molecule has 2 amide bonds. The molecule has 0 heterocycles. The third-order valence-corrected chi connectivity index (χ3v) is 6.33. The lowest BCUT2D eigenvalue weighted by molar-refractivity contribution is -0.140. The Bertz CT molecular complexity index is 1040. The van der Waals surface area contributed by atoms with E-state index in [-0.39, 0.29) is 12.5 Å². The van der Waals surface area contributed by atoms with E-state index in [4.69, 9.17) is 4.74 Å². The second-order valence-electron chi connectivity index (χ2n) is 7.46. The second kappa shape index (κ2) is 11.0. The summed E-state index contributed by atoms with van der Waals surface area (Å²) in [5.41, 5.74) is 1.95. The zero-order valence-corrected chi connectivity index (χ0v) is 20.0. The van der Waals surface area contributed by atoms with E-state index >= 15 is 0 Å². The van der Waals surface area contributed by atoms with Crippen LogP contribution in [0.3, 0.4) is 0 Å². The van der Waals surface area contributed by atoms with Crippen molar-refractivity contribution >= 4 is 27.5 Å². The molecule has 2 aromatic carbocycles. The predicted octanol–water partition coefficient (Wildman–Crippen LogP) is 2.32. The van der Waals surface area contributed by atoms with Crippen LogP contribution in [0, 0.1) is 6.92 Å². The molecule has 1 N–H and O–H groups in total. The fourth-order valence-electron chi connectivity index (χ4n) is 3.45. The van der Waals surface area contributed by atoms with Crippen LogP contribution in [0.5, 0.6) is 5.75 Å². The molecule has 9 heteroatoms. The van der Waals surface area contributed by atoms with Crippen molar-refractivity contribution in [2.75, 3.05) is 31.3 Å². The van der Waals surface area contributed by atoms with E-state index in [1.807, 2.05) is 19.1 Å². The Hall–Kier alpha value is -3.07. The van der Waals surface area contributed by atoms with Gasteiger partial charge in [0, 0.05) is 13.6 Å². The Kier molecular flexibility index (Phi) is 8.65. The van der Waals surface area contributed by atoms with Crippen LogP contribution >= 0.6 is 0 Å². The summed E-state index contributed by atoms with van der Waals surface area (Å²) in [5, 5.41) is 2.60. The van der Waals surface area contributed by atoms with Crippen molar-refractivity contribution in [3.63, 3.8) is 0 Å². The predicted molar refractivity (Wildman–Crippen MR) is 125 cm³/mol. The van der Waals surface area contributed by atoms with E-state index in [0.717, 1.165) is 21.7 Å². The minimum absolute atomic E-state index is 0.153. The van der Waals surface area contributed by atoms with Gasteiger partial charge < -0.3 is 15.0 Å². The maximum absolute atomic E-state index is 13.4. The van der Waals surface area contributed by atoms with E-state index in [2.05, 4.69) is 5.32 Å². The first-order chi connectivity index (χ1) is 15.1.